The normalized spacial score (nSPS) is 19.2. The highest BCUT2D eigenvalue weighted by Gasteiger charge is 2.46. The number of rotatable bonds is 9. The van der Waals surface area contributed by atoms with Crippen molar-refractivity contribution in [2.75, 3.05) is 39.4 Å². The predicted molar refractivity (Wildman–Crippen MR) is 149 cm³/mol. The highest BCUT2D eigenvalue weighted by atomic mass is 19.1. The fraction of sp³-hybridized carbons (Fsp3) is 0.312. The number of ketones is 1. The minimum absolute atomic E-state index is 0.00374. The van der Waals surface area contributed by atoms with Gasteiger partial charge in [-0.15, -0.1) is 0 Å². The molecule has 0 saturated carbocycles. The molecule has 3 aromatic carbocycles. The van der Waals surface area contributed by atoms with E-state index in [1.807, 2.05) is 37.3 Å². The second-order valence-corrected chi connectivity index (χ2v) is 10.1. The Morgan fingerprint density at radius 2 is 1.73 bits per heavy atom. The molecule has 1 atom stereocenters. The Balaban J connectivity index is 1.42. The number of benzene rings is 3. The number of likely N-dealkylation sites (tertiary alicyclic amines) is 1. The van der Waals surface area contributed by atoms with Gasteiger partial charge in [-0.05, 0) is 60.4 Å². The van der Waals surface area contributed by atoms with E-state index in [9.17, 15) is 19.1 Å². The van der Waals surface area contributed by atoms with Gasteiger partial charge in [0.25, 0.3) is 11.7 Å². The maximum Gasteiger partial charge on any atom is 0.295 e. The number of halogens is 1. The van der Waals surface area contributed by atoms with Gasteiger partial charge in [0.2, 0.25) is 0 Å². The molecule has 3 aromatic rings. The Labute approximate surface area is 233 Å². The number of carbonyl (C=O) groups is 2. The third-order valence-corrected chi connectivity index (χ3v) is 7.40. The Kier molecular flexibility index (Phi) is 8.57. The molecule has 2 aliphatic heterocycles. The van der Waals surface area contributed by atoms with Gasteiger partial charge < -0.3 is 19.5 Å². The van der Waals surface area contributed by atoms with Gasteiger partial charge in [-0.2, -0.15) is 0 Å². The number of morpholine rings is 1. The Morgan fingerprint density at radius 1 is 1.00 bits per heavy atom. The largest absolute Gasteiger partial charge is 0.507 e. The summed E-state index contributed by atoms with van der Waals surface area (Å²) in [6, 6.07) is 19.9. The standard InChI is InChI=1S/C32H33FN2O5/c1-22-20-26(40-21-23-6-3-2-4-7-23)12-13-27(22)30(36)28-29(24-8-10-25(33)11-9-24)35(32(38)31(28)37)15-5-14-34-16-18-39-19-17-34/h2-4,6-13,20,29,36H,5,14-19,21H2,1H3/b30-28+/t29-/m1/s1. The van der Waals surface area contributed by atoms with Crippen molar-refractivity contribution in [2.45, 2.75) is 26.0 Å². The highest BCUT2D eigenvalue weighted by Crippen LogP contribution is 2.40. The molecular weight excluding hydrogens is 511 g/mol. The molecule has 1 N–H and O–H groups in total. The molecule has 208 valence electrons. The van der Waals surface area contributed by atoms with Crippen LogP contribution in [0.25, 0.3) is 5.76 Å². The van der Waals surface area contributed by atoms with Crippen LogP contribution in [0.4, 0.5) is 4.39 Å². The van der Waals surface area contributed by atoms with Crippen LogP contribution < -0.4 is 4.74 Å². The van der Waals surface area contributed by atoms with E-state index in [0.29, 0.717) is 55.2 Å². The van der Waals surface area contributed by atoms with Crippen LogP contribution in [0.5, 0.6) is 5.75 Å². The van der Waals surface area contributed by atoms with Gasteiger partial charge in [-0.25, -0.2) is 4.39 Å². The molecule has 2 saturated heterocycles. The van der Waals surface area contributed by atoms with E-state index in [4.69, 9.17) is 9.47 Å². The minimum atomic E-state index is -0.821. The van der Waals surface area contributed by atoms with Crippen molar-refractivity contribution in [2.24, 2.45) is 0 Å². The van der Waals surface area contributed by atoms with E-state index < -0.39 is 23.5 Å². The molecule has 0 unspecified atom stereocenters. The first kappa shape index (κ1) is 27.6. The zero-order valence-corrected chi connectivity index (χ0v) is 22.5. The number of hydrogen-bond donors (Lipinski definition) is 1. The Bertz CT molecular complexity index is 1380. The zero-order chi connectivity index (χ0) is 28.1. The first-order chi connectivity index (χ1) is 19.4. The predicted octanol–water partition coefficient (Wildman–Crippen LogP) is 4.86. The van der Waals surface area contributed by atoms with Crippen LogP contribution in [-0.4, -0.2) is 66.0 Å². The molecule has 0 spiro atoms. The monoisotopic (exact) mass is 544 g/mol. The summed E-state index contributed by atoms with van der Waals surface area (Å²) in [5.74, 6) is -1.47. The van der Waals surface area contributed by atoms with Crippen molar-refractivity contribution in [1.29, 1.82) is 0 Å². The van der Waals surface area contributed by atoms with Gasteiger partial charge in [0.15, 0.2) is 0 Å². The summed E-state index contributed by atoms with van der Waals surface area (Å²) in [6.07, 6.45) is 0.650. The number of nitrogens with zero attached hydrogens (tertiary/aromatic N) is 2. The van der Waals surface area contributed by atoms with Crippen molar-refractivity contribution < 1.29 is 28.6 Å². The van der Waals surface area contributed by atoms with Crippen molar-refractivity contribution in [3.63, 3.8) is 0 Å². The molecule has 2 heterocycles. The number of ether oxygens (including phenoxy) is 2. The summed E-state index contributed by atoms with van der Waals surface area (Å²) in [5.41, 5.74) is 2.73. The summed E-state index contributed by atoms with van der Waals surface area (Å²) in [5, 5.41) is 11.5. The van der Waals surface area contributed by atoms with Gasteiger partial charge in [0.1, 0.15) is 23.9 Å². The van der Waals surface area contributed by atoms with Gasteiger partial charge in [0.05, 0.1) is 24.8 Å². The van der Waals surface area contributed by atoms with Gasteiger partial charge in [0, 0.05) is 31.7 Å². The maximum absolute atomic E-state index is 13.8. The maximum atomic E-state index is 13.8. The van der Waals surface area contributed by atoms with E-state index in [-0.39, 0.29) is 11.3 Å². The molecular formula is C32H33FN2O5. The second-order valence-electron chi connectivity index (χ2n) is 10.1. The van der Waals surface area contributed by atoms with Crippen LogP contribution in [0.3, 0.4) is 0 Å². The molecule has 8 heteroatoms. The lowest BCUT2D eigenvalue weighted by molar-refractivity contribution is -0.140. The smallest absolute Gasteiger partial charge is 0.295 e. The number of aryl methyl sites for hydroxylation is 1. The fourth-order valence-corrected chi connectivity index (χ4v) is 5.27. The van der Waals surface area contributed by atoms with Crippen LogP contribution in [0.15, 0.2) is 78.4 Å². The van der Waals surface area contributed by atoms with Crippen molar-refractivity contribution in [1.82, 2.24) is 9.80 Å². The Morgan fingerprint density at radius 3 is 2.42 bits per heavy atom. The number of hydrogen-bond acceptors (Lipinski definition) is 6. The lowest BCUT2D eigenvalue weighted by Gasteiger charge is -2.29. The number of amides is 1. The number of Topliss-reactive ketones (excluding diaryl/α,β-unsaturated/α-hetero) is 1. The van der Waals surface area contributed by atoms with Crippen LogP contribution in [0.1, 0.15) is 34.7 Å². The average molecular weight is 545 g/mol. The van der Waals surface area contributed by atoms with Gasteiger partial charge in [-0.1, -0.05) is 42.5 Å². The van der Waals surface area contributed by atoms with Gasteiger partial charge in [-0.3, -0.25) is 14.5 Å². The molecule has 7 nitrogen and oxygen atoms in total. The van der Waals surface area contributed by atoms with E-state index >= 15 is 0 Å². The van der Waals surface area contributed by atoms with E-state index in [1.165, 1.54) is 17.0 Å². The fourth-order valence-electron chi connectivity index (χ4n) is 5.27. The summed E-state index contributed by atoms with van der Waals surface area (Å²) in [6.45, 7) is 6.29. The van der Waals surface area contributed by atoms with E-state index in [1.54, 1.807) is 30.3 Å². The molecule has 0 aliphatic carbocycles. The SMILES string of the molecule is Cc1cc(OCc2ccccc2)ccc1/C(O)=C1\C(=O)C(=O)N(CCCN2CCOCC2)[C@@H]1c1ccc(F)cc1. The average Bonchev–Trinajstić information content (AvgIpc) is 3.22. The van der Waals surface area contributed by atoms with Crippen LogP contribution >= 0.6 is 0 Å². The molecule has 40 heavy (non-hydrogen) atoms. The first-order valence-corrected chi connectivity index (χ1v) is 13.5. The number of carbonyl (C=O) groups excluding carboxylic acids is 2. The van der Waals surface area contributed by atoms with Crippen LogP contribution in [0, 0.1) is 12.7 Å². The van der Waals surface area contributed by atoms with Gasteiger partial charge >= 0.3 is 0 Å². The summed E-state index contributed by atoms with van der Waals surface area (Å²) in [4.78, 5) is 30.4. The molecule has 2 aliphatic rings. The minimum Gasteiger partial charge on any atom is -0.507 e. The van der Waals surface area contributed by atoms with Crippen LogP contribution in [0.2, 0.25) is 0 Å². The van der Waals surface area contributed by atoms with E-state index in [0.717, 1.165) is 25.2 Å². The third-order valence-electron chi connectivity index (χ3n) is 7.40. The molecule has 1 amide bonds. The first-order valence-electron chi connectivity index (χ1n) is 13.5. The van der Waals surface area contributed by atoms with Crippen molar-refractivity contribution in [3.8, 4) is 5.75 Å². The number of aliphatic hydroxyl groups is 1. The summed E-state index contributed by atoms with van der Waals surface area (Å²) >= 11 is 0. The zero-order valence-electron chi connectivity index (χ0n) is 22.5. The second kappa shape index (κ2) is 12.4. The molecule has 2 fully saturated rings. The van der Waals surface area contributed by atoms with E-state index in [2.05, 4.69) is 4.90 Å². The summed E-state index contributed by atoms with van der Waals surface area (Å²) in [7, 11) is 0. The van der Waals surface area contributed by atoms with Crippen LogP contribution in [-0.2, 0) is 20.9 Å². The van der Waals surface area contributed by atoms with Crippen molar-refractivity contribution >= 4 is 17.4 Å². The topological polar surface area (TPSA) is 79.3 Å². The lowest BCUT2D eigenvalue weighted by Crippen LogP contribution is -2.38. The third kappa shape index (κ3) is 6.08. The quantitative estimate of drug-likeness (QED) is 0.236. The Hall–Kier alpha value is -4.01. The molecule has 0 radical (unpaired) electrons. The molecule has 0 bridgehead atoms. The number of aliphatic hydroxyl groups excluding tert-OH is 1. The summed E-state index contributed by atoms with van der Waals surface area (Å²) < 4.78 is 25.1. The highest BCUT2D eigenvalue weighted by molar-refractivity contribution is 6.46. The lowest BCUT2D eigenvalue weighted by atomic mass is 9.94. The molecule has 5 rings (SSSR count). The molecule has 0 aromatic heterocycles. The van der Waals surface area contributed by atoms with Crippen molar-refractivity contribution in [3.05, 3.63) is 106 Å².